The Kier molecular flexibility index (Phi) is 5.76. The molecule has 5 fully saturated rings. The Morgan fingerprint density at radius 2 is 1.33 bits per heavy atom. The highest BCUT2D eigenvalue weighted by molar-refractivity contribution is 4.92. The molecule has 0 radical (unpaired) electrons. The van der Waals surface area contributed by atoms with Gasteiger partial charge in [0.2, 0.25) is 0 Å². The largest absolute Gasteiger partial charge is 0.303 e. The zero-order chi connectivity index (χ0) is 14.3. The molecule has 0 amide bonds. The molecule has 2 heteroatoms. The van der Waals surface area contributed by atoms with Gasteiger partial charge in [-0.2, -0.15) is 0 Å². The Morgan fingerprint density at radius 1 is 0.762 bits per heavy atom. The molecule has 1 aliphatic carbocycles. The quantitative estimate of drug-likeness (QED) is 0.659. The van der Waals surface area contributed by atoms with Crippen molar-refractivity contribution in [3.63, 3.8) is 0 Å². The zero-order valence-electron chi connectivity index (χ0n) is 14.0. The molecule has 0 N–H and O–H groups in total. The lowest BCUT2D eigenvalue weighted by molar-refractivity contribution is 0.0310. The summed E-state index contributed by atoms with van der Waals surface area (Å²) in [4.78, 5) is 5.15. The third-order valence-electron chi connectivity index (χ3n) is 6.80. The molecule has 0 aromatic rings. The van der Waals surface area contributed by atoms with Gasteiger partial charge in [0, 0.05) is 24.7 Å². The van der Waals surface area contributed by atoms with Crippen molar-refractivity contribution in [1.82, 2.24) is 9.80 Å². The molecule has 124 valence electrons. The molecule has 4 heterocycles. The Balaban J connectivity index is 0.000000147. The van der Waals surface area contributed by atoms with E-state index in [1.807, 2.05) is 0 Å². The molecule has 1 saturated carbocycles. The van der Waals surface area contributed by atoms with Crippen molar-refractivity contribution in [2.75, 3.05) is 20.6 Å². The average Bonchev–Trinajstić information content (AvgIpc) is 2.63. The molecule has 0 spiro atoms. The van der Waals surface area contributed by atoms with Crippen LogP contribution in [-0.4, -0.2) is 48.6 Å². The molecule has 4 bridgehead atoms. The zero-order valence-corrected chi connectivity index (χ0v) is 14.0. The van der Waals surface area contributed by atoms with E-state index in [1.165, 1.54) is 51.5 Å². The lowest BCUT2D eigenvalue weighted by atomic mass is 9.73. The third kappa shape index (κ3) is 3.64. The van der Waals surface area contributed by atoms with E-state index in [1.54, 1.807) is 0 Å². The smallest absolute Gasteiger partial charge is 0.00982 e. The summed E-state index contributed by atoms with van der Waals surface area (Å²) >= 11 is 0. The third-order valence-corrected chi connectivity index (χ3v) is 6.80. The SMILES string of the molecule is C.CC1CC2CCC(C1)N2C.CC1CC2CCC1CN2C. The minimum Gasteiger partial charge on any atom is -0.303 e. The molecular formula is C19H38N2. The van der Waals surface area contributed by atoms with Gasteiger partial charge < -0.3 is 9.80 Å². The normalized spacial score (nSPS) is 45.7. The van der Waals surface area contributed by atoms with E-state index >= 15 is 0 Å². The van der Waals surface area contributed by atoms with E-state index < -0.39 is 0 Å². The van der Waals surface area contributed by atoms with Crippen molar-refractivity contribution in [1.29, 1.82) is 0 Å². The maximum Gasteiger partial charge on any atom is 0.00982 e. The van der Waals surface area contributed by atoms with E-state index in [0.717, 1.165) is 35.9 Å². The Labute approximate surface area is 133 Å². The molecule has 0 aromatic carbocycles. The molecule has 5 rings (SSSR count). The fourth-order valence-electron chi connectivity index (χ4n) is 5.30. The van der Waals surface area contributed by atoms with Crippen LogP contribution in [0, 0.1) is 17.8 Å². The van der Waals surface area contributed by atoms with Gasteiger partial charge in [-0.3, -0.25) is 0 Å². The summed E-state index contributed by atoms with van der Waals surface area (Å²) in [6, 6.07) is 2.81. The first-order valence-electron chi connectivity index (χ1n) is 8.96. The Morgan fingerprint density at radius 3 is 1.71 bits per heavy atom. The number of rotatable bonds is 0. The van der Waals surface area contributed by atoms with Crippen LogP contribution in [0.2, 0.25) is 0 Å². The van der Waals surface area contributed by atoms with E-state index in [-0.39, 0.29) is 7.43 Å². The standard InChI is InChI=1S/2C9H17N.CH4/c1-7-5-9-4-3-8(7)6-10(9)2;1-7-5-8-3-4-9(6-7)10(8)2;/h2*7-9H,3-6H2,1-2H3;1H4. The van der Waals surface area contributed by atoms with Gasteiger partial charge in [-0.1, -0.05) is 21.3 Å². The summed E-state index contributed by atoms with van der Waals surface area (Å²) in [6.45, 7) is 6.19. The van der Waals surface area contributed by atoms with Crippen molar-refractivity contribution >= 4 is 0 Å². The number of nitrogens with zero attached hydrogens (tertiary/aromatic N) is 2. The summed E-state index contributed by atoms with van der Waals surface area (Å²) in [7, 11) is 4.58. The fourth-order valence-corrected chi connectivity index (χ4v) is 5.30. The van der Waals surface area contributed by atoms with E-state index in [4.69, 9.17) is 0 Å². The van der Waals surface area contributed by atoms with Crippen LogP contribution >= 0.6 is 0 Å². The highest BCUT2D eigenvalue weighted by Gasteiger charge is 2.37. The second-order valence-electron chi connectivity index (χ2n) is 8.27. The van der Waals surface area contributed by atoms with Crippen LogP contribution in [0.15, 0.2) is 0 Å². The van der Waals surface area contributed by atoms with Crippen molar-refractivity contribution in [3.8, 4) is 0 Å². The minimum absolute atomic E-state index is 0. The molecule has 2 nitrogen and oxygen atoms in total. The summed E-state index contributed by atoms with van der Waals surface area (Å²) < 4.78 is 0. The monoisotopic (exact) mass is 294 g/mol. The molecular weight excluding hydrogens is 256 g/mol. The van der Waals surface area contributed by atoms with Crippen molar-refractivity contribution < 1.29 is 0 Å². The van der Waals surface area contributed by atoms with Crippen LogP contribution in [0.25, 0.3) is 0 Å². The van der Waals surface area contributed by atoms with Gasteiger partial charge >= 0.3 is 0 Å². The minimum atomic E-state index is 0. The van der Waals surface area contributed by atoms with Gasteiger partial charge in [0.15, 0.2) is 0 Å². The average molecular weight is 295 g/mol. The van der Waals surface area contributed by atoms with Crippen molar-refractivity contribution in [2.45, 2.75) is 84.3 Å². The van der Waals surface area contributed by atoms with Crippen LogP contribution in [0.4, 0.5) is 0 Å². The second kappa shape index (κ2) is 7.00. The summed E-state index contributed by atoms with van der Waals surface area (Å²) in [5, 5.41) is 0. The lowest BCUT2D eigenvalue weighted by Gasteiger charge is -2.47. The molecule has 0 aromatic heterocycles. The molecule has 4 saturated heterocycles. The lowest BCUT2D eigenvalue weighted by Crippen LogP contribution is -2.49. The number of fused-ring (bicyclic) bond motifs is 5. The van der Waals surface area contributed by atoms with Crippen LogP contribution in [-0.2, 0) is 0 Å². The second-order valence-corrected chi connectivity index (χ2v) is 8.27. The highest BCUT2D eigenvalue weighted by Crippen LogP contribution is 2.38. The Hall–Kier alpha value is -0.0800. The maximum absolute atomic E-state index is 2.60. The predicted octanol–water partition coefficient (Wildman–Crippen LogP) is 4.25. The molecule has 5 aliphatic rings. The Bertz CT molecular complexity index is 292. The summed E-state index contributed by atoms with van der Waals surface area (Å²) in [6.07, 6.45) is 10.2. The topological polar surface area (TPSA) is 6.48 Å². The molecule has 5 atom stereocenters. The van der Waals surface area contributed by atoms with Crippen molar-refractivity contribution in [2.24, 2.45) is 17.8 Å². The summed E-state index contributed by atoms with van der Waals surface area (Å²) in [5.74, 6) is 3.03. The van der Waals surface area contributed by atoms with Crippen LogP contribution in [0.3, 0.4) is 0 Å². The predicted molar refractivity (Wildman–Crippen MR) is 92.6 cm³/mol. The van der Waals surface area contributed by atoms with Gasteiger partial charge in [-0.25, -0.2) is 0 Å². The van der Waals surface area contributed by atoms with Gasteiger partial charge in [-0.05, 0) is 76.8 Å². The van der Waals surface area contributed by atoms with Crippen molar-refractivity contribution in [3.05, 3.63) is 0 Å². The first kappa shape index (κ1) is 17.3. The van der Waals surface area contributed by atoms with Crippen LogP contribution in [0.5, 0.6) is 0 Å². The number of hydrogen-bond donors (Lipinski definition) is 0. The van der Waals surface area contributed by atoms with E-state index in [2.05, 4.69) is 37.7 Å². The molecule has 5 unspecified atom stereocenters. The van der Waals surface area contributed by atoms with Gasteiger partial charge in [0.25, 0.3) is 0 Å². The molecule has 21 heavy (non-hydrogen) atoms. The first-order valence-corrected chi connectivity index (χ1v) is 8.96. The number of hydrogen-bond acceptors (Lipinski definition) is 2. The van der Waals surface area contributed by atoms with Gasteiger partial charge in [0.1, 0.15) is 0 Å². The van der Waals surface area contributed by atoms with Gasteiger partial charge in [0.05, 0.1) is 0 Å². The van der Waals surface area contributed by atoms with Crippen LogP contribution < -0.4 is 0 Å². The highest BCUT2D eigenvalue weighted by atomic mass is 15.2. The van der Waals surface area contributed by atoms with E-state index in [0.29, 0.717) is 0 Å². The molecule has 4 aliphatic heterocycles. The van der Waals surface area contributed by atoms with E-state index in [9.17, 15) is 0 Å². The van der Waals surface area contributed by atoms with Crippen LogP contribution in [0.1, 0.15) is 66.2 Å². The first-order chi connectivity index (χ1) is 9.54. The fraction of sp³-hybridized carbons (Fsp3) is 1.00. The maximum atomic E-state index is 2.60. The number of piperidine rings is 3. The summed E-state index contributed by atoms with van der Waals surface area (Å²) in [5.41, 5.74) is 0. The van der Waals surface area contributed by atoms with Gasteiger partial charge in [-0.15, -0.1) is 0 Å².